The Kier molecular flexibility index (Phi) is 4.01. The standard InChI is InChI=1S/C22H22N6O2/c1-28-12-17(11-24-28)15-2-3-19-16(8-15)9-18(26-27-19)10-21(29)20-13-30-22(25-20)14-4-6-23-7-5-14/h2-3,8-9,11-14,23H,4-7,10H2,1H3/i1D3. The molecule has 5 rings (SSSR count). The molecule has 1 aliphatic rings. The van der Waals surface area contributed by atoms with Crippen LogP contribution >= 0.6 is 0 Å². The molecule has 1 aliphatic heterocycles. The molecule has 1 N–H and O–H groups in total. The van der Waals surface area contributed by atoms with Crippen molar-refractivity contribution < 1.29 is 13.3 Å². The fourth-order valence-corrected chi connectivity index (χ4v) is 3.75. The number of benzene rings is 1. The molecule has 1 aromatic carbocycles. The molecule has 0 saturated carbocycles. The van der Waals surface area contributed by atoms with Gasteiger partial charge in [0, 0.05) is 34.2 Å². The van der Waals surface area contributed by atoms with Gasteiger partial charge in [0.1, 0.15) is 12.0 Å². The number of carbonyl (C=O) groups is 1. The van der Waals surface area contributed by atoms with E-state index in [2.05, 4.69) is 25.6 Å². The van der Waals surface area contributed by atoms with Crippen LogP contribution in [-0.4, -0.2) is 43.8 Å². The molecule has 8 nitrogen and oxygen atoms in total. The third-order valence-electron chi connectivity index (χ3n) is 5.39. The van der Waals surface area contributed by atoms with Crippen molar-refractivity contribution in [1.29, 1.82) is 0 Å². The highest BCUT2D eigenvalue weighted by atomic mass is 16.3. The van der Waals surface area contributed by atoms with Crippen molar-refractivity contribution in [3.8, 4) is 11.1 Å². The van der Waals surface area contributed by atoms with Crippen molar-refractivity contribution in [2.75, 3.05) is 13.1 Å². The Morgan fingerprint density at radius 2 is 2.17 bits per heavy atom. The second-order valence-electron chi connectivity index (χ2n) is 7.48. The number of oxazole rings is 1. The van der Waals surface area contributed by atoms with Crippen molar-refractivity contribution in [2.45, 2.75) is 25.2 Å². The van der Waals surface area contributed by atoms with Gasteiger partial charge in [-0.3, -0.25) is 9.48 Å². The lowest BCUT2D eigenvalue weighted by Crippen LogP contribution is -2.26. The largest absolute Gasteiger partial charge is 0.448 e. The number of aryl methyl sites for hydroxylation is 1. The van der Waals surface area contributed by atoms with Gasteiger partial charge in [0.05, 0.1) is 23.8 Å². The Morgan fingerprint density at radius 1 is 1.27 bits per heavy atom. The predicted octanol–water partition coefficient (Wildman–Crippen LogP) is 2.91. The van der Waals surface area contributed by atoms with E-state index in [1.807, 2.05) is 18.2 Å². The second-order valence-corrected chi connectivity index (χ2v) is 7.48. The number of rotatable bonds is 5. The normalized spacial score (nSPS) is 16.9. The average Bonchev–Trinajstić information content (AvgIpc) is 3.49. The molecule has 0 aliphatic carbocycles. The zero-order valence-electron chi connectivity index (χ0n) is 19.2. The lowest BCUT2D eigenvalue weighted by Gasteiger charge is -2.19. The summed E-state index contributed by atoms with van der Waals surface area (Å²) >= 11 is 0. The Morgan fingerprint density at radius 3 is 3.00 bits per heavy atom. The monoisotopic (exact) mass is 405 g/mol. The summed E-state index contributed by atoms with van der Waals surface area (Å²) in [4.78, 5) is 17.2. The van der Waals surface area contributed by atoms with Crippen LogP contribution in [0.15, 0.2) is 47.3 Å². The molecule has 0 atom stereocenters. The molecule has 0 radical (unpaired) electrons. The van der Waals surface area contributed by atoms with Crippen LogP contribution < -0.4 is 5.32 Å². The summed E-state index contributed by atoms with van der Waals surface area (Å²) in [5.41, 5.74) is 2.97. The van der Waals surface area contributed by atoms with E-state index in [9.17, 15) is 4.79 Å². The van der Waals surface area contributed by atoms with E-state index in [1.165, 1.54) is 18.7 Å². The Hall–Kier alpha value is -3.39. The number of nitrogens with one attached hydrogen (secondary N) is 1. The molecule has 30 heavy (non-hydrogen) atoms. The number of carbonyl (C=O) groups excluding carboxylic acids is 1. The molecular formula is C22H22N6O2. The zero-order chi connectivity index (χ0) is 23.0. The van der Waals surface area contributed by atoms with Gasteiger partial charge in [0.25, 0.3) is 0 Å². The summed E-state index contributed by atoms with van der Waals surface area (Å²) in [7, 11) is 0. The highest BCUT2D eigenvalue weighted by molar-refractivity contribution is 5.95. The van der Waals surface area contributed by atoms with Gasteiger partial charge in [-0.15, -0.1) is 0 Å². The summed E-state index contributed by atoms with van der Waals surface area (Å²) in [6.07, 6.45) is 6.36. The SMILES string of the molecule is [2H]C([2H])([2H])n1cc(-c2ccc3nnc(CC(=O)c4coc(C5CCNCC5)n4)cc3c2)cn1. The maximum Gasteiger partial charge on any atom is 0.197 e. The molecule has 8 heteroatoms. The third kappa shape index (κ3) is 3.73. The first-order chi connectivity index (χ1) is 15.9. The van der Waals surface area contributed by atoms with Gasteiger partial charge in [-0.2, -0.15) is 15.3 Å². The first-order valence-corrected chi connectivity index (χ1v) is 9.88. The van der Waals surface area contributed by atoms with Crippen molar-refractivity contribution >= 4 is 16.7 Å². The number of aromatic nitrogens is 5. The fraction of sp³-hybridized carbons (Fsp3) is 0.318. The third-order valence-corrected chi connectivity index (χ3v) is 5.39. The van der Waals surface area contributed by atoms with Gasteiger partial charge in [0.15, 0.2) is 11.7 Å². The van der Waals surface area contributed by atoms with E-state index in [0.29, 0.717) is 28.4 Å². The lowest BCUT2D eigenvalue weighted by atomic mass is 9.98. The van der Waals surface area contributed by atoms with Crippen molar-refractivity contribution in [3.05, 3.63) is 60.2 Å². The molecule has 3 aromatic heterocycles. The number of Topliss-reactive ketones (excluding diaryl/α,β-unsaturated/α-hetero) is 1. The Labute approximate surface area is 177 Å². The van der Waals surface area contributed by atoms with Gasteiger partial charge < -0.3 is 9.73 Å². The van der Waals surface area contributed by atoms with Crippen LogP contribution in [0.25, 0.3) is 22.0 Å². The first kappa shape index (κ1) is 15.4. The van der Waals surface area contributed by atoms with Gasteiger partial charge in [-0.05, 0) is 49.7 Å². The van der Waals surface area contributed by atoms with Crippen molar-refractivity contribution in [1.82, 2.24) is 30.3 Å². The second kappa shape index (κ2) is 7.79. The molecule has 1 saturated heterocycles. The van der Waals surface area contributed by atoms with Crippen LogP contribution in [0.1, 0.15) is 44.9 Å². The molecule has 152 valence electrons. The molecular weight excluding hydrogens is 380 g/mol. The number of nitrogens with zero attached hydrogens (tertiary/aromatic N) is 5. The average molecular weight is 405 g/mol. The van der Waals surface area contributed by atoms with E-state index in [4.69, 9.17) is 8.53 Å². The molecule has 0 bridgehead atoms. The van der Waals surface area contributed by atoms with Gasteiger partial charge in [0.2, 0.25) is 0 Å². The summed E-state index contributed by atoms with van der Waals surface area (Å²) in [5.74, 6) is 0.677. The summed E-state index contributed by atoms with van der Waals surface area (Å²) in [6, 6.07) is 7.33. The molecule has 1 fully saturated rings. The minimum absolute atomic E-state index is 0.0579. The minimum Gasteiger partial charge on any atom is -0.448 e. The van der Waals surface area contributed by atoms with Crippen LogP contribution in [-0.2, 0) is 13.4 Å². The van der Waals surface area contributed by atoms with Gasteiger partial charge in [-0.1, -0.05) is 6.07 Å². The van der Waals surface area contributed by atoms with Crippen LogP contribution in [0, 0.1) is 0 Å². The van der Waals surface area contributed by atoms with Crippen LogP contribution in [0.2, 0.25) is 0 Å². The first-order valence-electron chi connectivity index (χ1n) is 11.4. The number of piperidine rings is 1. The zero-order valence-corrected chi connectivity index (χ0v) is 16.2. The molecule has 0 amide bonds. The molecule has 4 aromatic rings. The predicted molar refractivity (Wildman–Crippen MR) is 111 cm³/mol. The van der Waals surface area contributed by atoms with E-state index >= 15 is 0 Å². The van der Waals surface area contributed by atoms with E-state index in [1.54, 1.807) is 6.07 Å². The number of ketones is 1. The highest BCUT2D eigenvalue weighted by Crippen LogP contribution is 2.25. The number of fused-ring (bicyclic) bond motifs is 1. The maximum atomic E-state index is 12.8. The summed E-state index contributed by atoms with van der Waals surface area (Å²) in [6.45, 7) is -0.493. The van der Waals surface area contributed by atoms with Crippen molar-refractivity contribution in [2.24, 2.45) is 6.98 Å². The van der Waals surface area contributed by atoms with E-state index in [0.717, 1.165) is 41.6 Å². The maximum absolute atomic E-state index is 12.8. The Balaban J connectivity index is 1.35. The van der Waals surface area contributed by atoms with Gasteiger partial charge in [-0.25, -0.2) is 4.98 Å². The minimum atomic E-state index is -2.33. The molecule has 0 unspecified atom stereocenters. The van der Waals surface area contributed by atoms with Gasteiger partial charge >= 0.3 is 0 Å². The van der Waals surface area contributed by atoms with Crippen molar-refractivity contribution in [3.63, 3.8) is 0 Å². The molecule has 0 spiro atoms. The van der Waals surface area contributed by atoms with Crippen LogP contribution in [0.4, 0.5) is 0 Å². The fourth-order valence-electron chi connectivity index (χ4n) is 3.75. The molecule has 4 heterocycles. The quantitative estimate of drug-likeness (QED) is 0.510. The topological polar surface area (TPSA) is 98.7 Å². The summed E-state index contributed by atoms with van der Waals surface area (Å²) < 4.78 is 29.0. The van der Waals surface area contributed by atoms with E-state index < -0.39 is 6.98 Å². The van der Waals surface area contributed by atoms with Crippen LogP contribution in [0.3, 0.4) is 0 Å². The lowest BCUT2D eigenvalue weighted by molar-refractivity contribution is 0.0987. The number of hydrogen-bond donors (Lipinski definition) is 1. The van der Waals surface area contributed by atoms with Crippen LogP contribution in [0.5, 0.6) is 0 Å². The smallest absolute Gasteiger partial charge is 0.197 e. The van der Waals surface area contributed by atoms with E-state index in [-0.39, 0.29) is 18.1 Å². The number of hydrogen-bond acceptors (Lipinski definition) is 7. The summed E-state index contributed by atoms with van der Waals surface area (Å²) in [5, 5.41) is 16.4. The Bertz CT molecular complexity index is 1310. The highest BCUT2D eigenvalue weighted by Gasteiger charge is 2.22.